The van der Waals surface area contributed by atoms with Crippen LogP contribution in [-0.2, 0) is 6.42 Å². The number of H-pyrrole nitrogens is 1. The quantitative estimate of drug-likeness (QED) is 0.782. The highest BCUT2D eigenvalue weighted by Crippen LogP contribution is 2.16. The zero-order valence-electron chi connectivity index (χ0n) is 8.73. The molecule has 0 saturated carbocycles. The van der Waals surface area contributed by atoms with Gasteiger partial charge in [-0.3, -0.25) is 4.57 Å². The Morgan fingerprint density at radius 1 is 1.33 bits per heavy atom. The van der Waals surface area contributed by atoms with Gasteiger partial charge in [0.1, 0.15) is 0 Å². The third-order valence-electron chi connectivity index (χ3n) is 2.42. The van der Waals surface area contributed by atoms with E-state index in [1.54, 1.807) is 0 Å². The Balaban J connectivity index is 2.52. The summed E-state index contributed by atoms with van der Waals surface area (Å²) in [7, 11) is 0. The fourth-order valence-corrected chi connectivity index (χ4v) is 1.96. The van der Waals surface area contributed by atoms with Gasteiger partial charge in [-0.1, -0.05) is 31.5 Å². The highest BCUT2D eigenvalue weighted by Gasteiger charge is 2.03. The summed E-state index contributed by atoms with van der Waals surface area (Å²) in [6.07, 6.45) is 6.07. The van der Waals surface area contributed by atoms with E-state index in [4.69, 9.17) is 12.2 Å². The Morgan fingerprint density at radius 2 is 2.13 bits per heavy atom. The smallest absolute Gasteiger partial charge is 0.181 e. The van der Waals surface area contributed by atoms with Gasteiger partial charge in [0.2, 0.25) is 0 Å². The second-order valence-electron chi connectivity index (χ2n) is 3.51. The van der Waals surface area contributed by atoms with Gasteiger partial charge < -0.3 is 4.98 Å². The average Bonchev–Trinajstić information content (AvgIpc) is 2.66. The molecular formula is C12H14N2S. The van der Waals surface area contributed by atoms with Crippen LogP contribution in [0, 0.1) is 4.77 Å². The van der Waals surface area contributed by atoms with E-state index in [2.05, 4.69) is 30.1 Å². The van der Waals surface area contributed by atoms with Crippen molar-refractivity contribution in [1.82, 2.24) is 9.55 Å². The van der Waals surface area contributed by atoms with Crippen LogP contribution in [0.1, 0.15) is 18.9 Å². The number of aromatic amines is 1. The van der Waals surface area contributed by atoms with Crippen LogP contribution in [0.2, 0.25) is 0 Å². The zero-order chi connectivity index (χ0) is 10.7. The molecule has 0 unspecified atom stereocenters. The molecule has 1 aromatic carbocycles. The van der Waals surface area contributed by atoms with Crippen molar-refractivity contribution in [1.29, 1.82) is 0 Å². The first-order valence-electron chi connectivity index (χ1n) is 5.17. The highest BCUT2D eigenvalue weighted by atomic mass is 32.1. The van der Waals surface area contributed by atoms with E-state index < -0.39 is 0 Å². The molecule has 78 valence electrons. The van der Waals surface area contributed by atoms with Crippen molar-refractivity contribution in [3.05, 3.63) is 47.0 Å². The van der Waals surface area contributed by atoms with Gasteiger partial charge in [0.15, 0.2) is 4.77 Å². The highest BCUT2D eigenvalue weighted by molar-refractivity contribution is 7.71. The molecule has 1 aromatic heterocycles. The Bertz CT molecular complexity index is 496. The Morgan fingerprint density at radius 3 is 2.80 bits per heavy atom. The number of hydrogen-bond acceptors (Lipinski definition) is 1. The molecule has 0 aliphatic heterocycles. The minimum Gasteiger partial charge on any atom is -0.337 e. The number of aromatic nitrogens is 2. The van der Waals surface area contributed by atoms with Crippen molar-refractivity contribution in [3.63, 3.8) is 0 Å². The van der Waals surface area contributed by atoms with Crippen molar-refractivity contribution >= 4 is 12.2 Å². The number of rotatable bonds is 3. The molecule has 2 rings (SSSR count). The molecule has 0 aliphatic rings. The first-order chi connectivity index (χ1) is 7.33. The topological polar surface area (TPSA) is 20.7 Å². The summed E-state index contributed by atoms with van der Waals surface area (Å²) < 4.78 is 2.76. The predicted molar refractivity (Wildman–Crippen MR) is 64.9 cm³/mol. The number of benzene rings is 1. The molecule has 0 saturated heterocycles. The van der Waals surface area contributed by atoms with Crippen LogP contribution in [0.5, 0.6) is 0 Å². The van der Waals surface area contributed by atoms with Crippen LogP contribution in [0.25, 0.3) is 5.69 Å². The predicted octanol–water partition coefficient (Wildman–Crippen LogP) is 3.49. The molecule has 0 radical (unpaired) electrons. The van der Waals surface area contributed by atoms with Crippen LogP contribution < -0.4 is 0 Å². The number of para-hydroxylation sites is 1. The molecule has 1 heterocycles. The lowest BCUT2D eigenvalue weighted by Gasteiger charge is -2.08. The van der Waals surface area contributed by atoms with E-state index in [-0.39, 0.29) is 0 Å². The standard InChI is InChI=1S/C12H14N2S/c1-2-5-10-6-3-4-7-11(10)14-9-8-13-12(14)15/h3-4,6-9H,2,5H2,1H3,(H,13,15). The van der Waals surface area contributed by atoms with Gasteiger partial charge in [-0.25, -0.2) is 0 Å². The van der Waals surface area contributed by atoms with E-state index in [0.29, 0.717) is 0 Å². The number of aryl methyl sites for hydroxylation is 1. The maximum absolute atomic E-state index is 5.22. The molecule has 0 amide bonds. The van der Waals surface area contributed by atoms with Crippen LogP contribution >= 0.6 is 12.2 Å². The average molecular weight is 218 g/mol. The molecule has 0 atom stereocenters. The molecule has 15 heavy (non-hydrogen) atoms. The van der Waals surface area contributed by atoms with Gasteiger partial charge >= 0.3 is 0 Å². The van der Waals surface area contributed by atoms with Crippen LogP contribution in [0.4, 0.5) is 0 Å². The number of imidazole rings is 1. The fourth-order valence-electron chi connectivity index (χ4n) is 1.74. The minimum atomic E-state index is 0.749. The van der Waals surface area contributed by atoms with E-state index in [0.717, 1.165) is 17.6 Å². The van der Waals surface area contributed by atoms with E-state index in [9.17, 15) is 0 Å². The first-order valence-corrected chi connectivity index (χ1v) is 5.58. The first kappa shape index (κ1) is 10.2. The van der Waals surface area contributed by atoms with Gasteiger partial charge in [0.25, 0.3) is 0 Å². The normalized spacial score (nSPS) is 10.5. The number of nitrogens with one attached hydrogen (secondary N) is 1. The van der Waals surface area contributed by atoms with Crippen LogP contribution in [0.3, 0.4) is 0 Å². The van der Waals surface area contributed by atoms with Crippen molar-refractivity contribution in [2.45, 2.75) is 19.8 Å². The maximum Gasteiger partial charge on any atom is 0.181 e. The Labute approximate surface area is 94.6 Å². The summed E-state index contributed by atoms with van der Waals surface area (Å²) in [6, 6.07) is 8.39. The number of hydrogen-bond donors (Lipinski definition) is 1. The fraction of sp³-hybridized carbons (Fsp3) is 0.250. The largest absolute Gasteiger partial charge is 0.337 e. The summed E-state index contributed by atoms with van der Waals surface area (Å²) in [5.41, 5.74) is 2.53. The van der Waals surface area contributed by atoms with E-state index in [1.165, 1.54) is 11.3 Å². The molecule has 0 aliphatic carbocycles. The monoisotopic (exact) mass is 218 g/mol. The Hall–Kier alpha value is -1.35. The summed E-state index contributed by atoms with van der Waals surface area (Å²) in [5, 5.41) is 0. The zero-order valence-corrected chi connectivity index (χ0v) is 9.55. The summed E-state index contributed by atoms with van der Waals surface area (Å²) in [5.74, 6) is 0. The molecule has 2 nitrogen and oxygen atoms in total. The van der Waals surface area contributed by atoms with Gasteiger partial charge in [0.05, 0.1) is 5.69 Å². The summed E-state index contributed by atoms with van der Waals surface area (Å²) in [6.45, 7) is 2.19. The van der Waals surface area contributed by atoms with Crippen molar-refractivity contribution < 1.29 is 0 Å². The van der Waals surface area contributed by atoms with Crippen molar-refractivity contribution in [2.75, 3.05) is 0 Å². The van der Waals surface area contributed by atoms with E-state index in [1.807, 2.05) is 23.0 Å². The molecule has 2 aromatic rings. The lowest BCUT2D eigenvalue weighted by Crippen LogP contribution is -1.98. The lowest BCUT2D eigenvalue weighted by molar-refractivity contribution is 0.895. The minimum absolute atomic E-state index is 0.749. The molecule has 1 N–H and O–H groups in total. The van der Waals surface area contributed by atoms with E-state index >= 15 is 0 Å². The number of nitrogens with zero attached hydrogens (tertiary/aromatic N) is 1. The molecule has 0 fully saturated rings. The van der Waals surface area contributed by atoms with Gasteiger partial charge in [-0.15, -0.1) is 0 Å². The molecule has 0 bridgehead atoms. The summed E-state index contributed by atoms with van der Waals surface area (Å²) in [4.78, 5) is 3.01. The Kier molecular flexibility index (Phi) is 3.02. The van der Waals surface area contributed by atoms with Crippen molar-refractivity contribution in [2.24, 2.45) is 0 Å². The third kappa shape index (κ3) is 2.02. The van der Waals surface area contributed by atoms with Crippen molar-refractivity contribution in [3.8, 4) is 5.69 Å². The molecule has 3 heteroatoms. The van der Waals surface area contributed by atoms with Crippen LogP contribution in [-0.4, -0.2) is 9.55 Å². The summed E-state index contributed by atoms with van der Waals surface area (Å²) >= 11 is 5.22. The second kappa shape index (κ2) is 4.45. The lowest BCUT2D eigenvalue weighted by atomic mass is 10.1. The molecular weight excluding hydrogens is 204 g/mol. The third-order valence-corrected chi connectivity index (χ3v) is 2.73. The van der Waals surface area contributed by atoms with Gasteiger partial charge in [-0.05, 0) is 30.3 Å². The maximum atomic E-state index is 5.22. The second-order valence-corrected chi connectivity index (χ2v) is 3.90. The SMILES string of the molecule is CCCc1ccccc1-n1cc[nH]c1=S. The van der Waals surface area contributed by atoms with Crippen LogP contribution in [0.15, 0.2) is 36.7 Å². The molecule has 0 spiro atoms. The van der Waals surface area contributed by atoms with Gasteiger partial charge in [-0.2, -0.15) is 0 Å². The van der Waals surface area contributed by atoms with Gasteiger partial charge in [0, 0.05) is 12.4 Å².